The lowest BCUT2D eigenvalue weighted by Gasteiger charge is -2.24. The minimum atomic E-state index is -0.919. The van der Waals surface area contributed by atoms with Crippen LogP contribution >= 0.6 is 11.6 Å². The third-order valence-electron chi connectivity index (χ3n) is 3.62. The topological polar surface area (TPSA) is 72.6 Å². The van der Waals surface area contributed by atoms with Gasteiger partial charge in [-0.25, -0.2) is 0 Å². The number of nitrogens with two attached hydrogens (primary N) is 1. The van der Waals surface area contributed by atoms with Gasteiger partial charge in [0.25, 0.3) is 0 Å². The third kappa shape index (κ3) is 3.26. The Labute approximate surface area is 117 Å². The van der Waals surface area contributed by atoms with E-state index in [1.165, 1.54) is 0 Å². The van der Waals surface area contributed by atoms with Gasteiger partial charge in [-0.3, -0.25) is 4.79 Å². The summed E-state index contributed by atoms with van der Waals surface area (Å²) in [4.78, 5) is 11.1. The maximum absolute atomic E-state index is 11.1. The first-order chi connectivity index (χ1) is 9.13. The molecule has 0 aliphatic carbocycles. The van der Waals surface area contributed by atoms with Crippen molar-refractivity contribution >= 4 is 17.6 Å². The van der Waals surface area contributed by atoms with Gasteiger partial charge in [0.15, 0.2) is 0 Å². The average molecular weight is 284 g/mol. The zero-order chi connectivity index (χ0) is 13.8. The second kappa shape index (κ2) is 6.37. The molecule has 1 aliphatic rings. The van der Waals surface area contributed by atoms with E-state index in [9.17, 15) is 4.79 Å². The lowest BCUT2D eigenvalue weighted by molar-refractivity contribution is -0.138. The first-order valence-corrected chi connectivity index (χ1v) is 6.81. The monoisotopic (exact) mass is 283 g/mol. The minimum absolute atomic E-state index is 0.0717. The van der Waals surface area contributed by atoms with Crippen LogP contribution in [0, 0.1) is 0 Å². The van der Waals surface area contributed by atoms with Crippen LogP contribution in [-0.4, -0.2) is 30.8 Å². The van der Waals surface area contributed by atoms with E-state index in [0.29, 0.717) is 16.5 Å². The predicted octanol–water partition coefficient (Wildman–Crippen LogP) is 2.36. The van der Waals surface area contributed by atoms with Crippen LogP contribution in [0.2, 0.25) is 5.02 Å². The molecule has 0 amide bonds. The summed E-state index contributed by atoms with van der Waals surface area (Å²) in [6, 6.07) is 5.49. The first-order valence-electron chi connectivity index (χ1n) is 6.43. The SMILES string of the molecule is NCC(C(=O)O)c1ccc(C2CCOCC2)c(Cl)c1. The van der Waals surface area contributed by atoms with E-state index in [1.807, 2.05) is 12.1 Å². The Balaban J connectivity index is 2.23. The largest absolute Gasteiger partial charge is 0.481 e. The summed E-state index contributed by atoms with van der Waals surface area (Å²) in [7, 11) is 0. The van der Waals surface area contributed by atoms with Gasteiger partial charge in [0, 0.05) is 24.8 Å². The molecular formula is C14H18ClNO3. The maximum Gasteiger partial charge on any atom is 0.312 e. The van der Waals surface area contributed by atoms with Crippen molar-refractivity contribution in [1.82, 2.24) is 0 Å². The second-order valence-electron chi connectivity index (χ2n) is 4.79. The number of halogens is 1. The Hall–Kier alpha value is -1.10. The molecule has 104 valence electrons. The minimum Gasteiger partial charge on any atom is -0.481 e. The van der Waals surface area contributed by atoms with Crippen molar-refractivity contribution in [3.63, 3.8) is 0 Å². The molecule has 3 N–H and O–H groups in total. The number of ether oxygens (including phenoxy) is 1. The van der Waals surface area contributed by atoms with Crippen LogP contribution in [0.5, 0.6) is 0 Å². The van der Waals surface area contributed by atoms with Crippen molar-refractivity contribution in [2.24, 2.45) is 5.73 Å². The summed E-state index contributed by atoms with van der Waals surface area (Å²) in [5.74, 6) is -1.21. The van der Waals surface area contributed by atoms with Gasteiger partial charge in [0.05, 0.1) is 5.92 Å². The summed E-state index contributed by atoms with van der Waals surface area (Å²) in [5, 5.41) is 9.72. The molecule has 2 rings (SSSR count). The van der Waals surface area contributed by atoms with Crippen LogP contribution in [0.4, 0.5) is 0 Å². The molecule has 1 heterocycles. The summed E-state index contributed by atoms with van der Waals surface area (Å²) < 4.78 is 5.33. The number of aliphatic carboxylic acids is 1. The van der Waals surface area contributed by atoms with E-state index < -0.39 is 11.9 Å². The fourth-order valence-corrected chi connectivity index (χ4v) is 2.82. The summed E-state index contributed by atoms with van der Waals surface area (Å²) in [6.07, 6.45) is 1.91. The summed E-state index contributed by atoms with van der Waals surface area (Å²) in [5.41, 5.74) is 7.24. The normalized spacial score (nSPS) is 18.2. The zero-order valence-corrected chi connectivity index (χ0v) is 11.4. The zero-order valence-electron chi connectivity index (χ0n) is 10.6. The van der Waals surface area contributed by atoms with Crippen LogP contribution in [0.3, 0.4) is 0 Å². The number of carbonyl (C=O) groups is 1. The number of rotatable bonds is 4. The number of hydrogen-bond acceptors (Lipinski definition) is 3. The quantitative estimate of drug-likeness (QED) is 0.890. The third-order valence-corrected chi connectivity index (χ3v) is 3.95. The van der Waals surface area contributed by atoms with Crippen LogP contribution in [-0.2, 0) is 9.53 Å². The molecule has 1 aromatic rings. The summed E-state index contributed by atoms with van der Waals surface area (Å²) >= 11 is 6.29. The average Bonchev–Trinajstić information content (AvgIpc) is 2.40. The molecule has 1 unspecified atom stereocenters. The van der Waals surface area contributed by atoms with E-state index in [4.69, 9.17) is 27.2 Å². The van der Waals surface area contributed by atoms with E-state index >= 15 is 0 Å². The van der Waals surface area contributed by atoms with E-state index in [1.54, 1.807) is 6.07 Å². The Morgan fingerprint density at radius 3 is 2.68 bits per heavy atom. The van der Waals surface area contributed by atoms with Gasteiger partial charge in [-0.15, -0.1) is 0 Å². The molecule has 1 aliphatic heterocycles. The van der Waals surface area contributed by atoms with Crippen molar-refractivity contribution < 1.29 is 14.6 Å². The fraction of sp³-hybridized carbons (Fsp3) is 0.500. The highest BCUT2D eigenvalue weighted by atomic mass is 35.5. The number of hydrogen-bond donors (Lipinski definition) is 2. The van der Waals surface area contributed by atoms with Gasteiger partial charge in [0.1, 0.15) is 0 Å². The van der Waals surface area contributed by atoms with Crippen LogP contribution < -0.4 is 5.73 Å². The molecule has 1 atom stereocenters. The van der Waals surface area contributed by atoms with Gasteiger partial charge in [-0.2, -0.15) is 0 Å². The van der Waals surface area contributed by atoms with Gasteiger partial charge in [-0.05, 0) is 36.0 Å². The smallest absolute Gasteiger partial charge is 0.312 e. The highest BCUT2D eigenvalue weighted by Gasteiger charge is 2.22. The van der Waals surface area contributed by atoms with Crippen LogP contribution in [0.1, 0.15) is 35.8 Å². The first kappa shape index (κ1) is 14.3. The second-order valence-corrected chi connectivity index (χ2v) is 5.20. The van der Waals surface area contributed by atoms with Crippen molar-refractivity contribution in [1.29, 1.82) is 0 Å². The highest BCUT2D eigenvalue weighted by molar-refractivity contribution is 6.31. The molecule has 1 aromatic carbocycles. The standard InChI is InChI=1S/C14H18ClNO3/c15-13-7-10(12(8-16)14(17)18)1-2-11(13)9-3-5-19-6-4-9/h1-2,7,9,12H,3-6,8,16H2,(H,17,18). The van der Waals surface area contributed by atoms with E-state index in [0.717, 1.165) is 31.6 Å². The predicted molar refractivity (Wildman–Crippen MR) is 73.7 cm³/mol. The molecule has 4 nitrogen and oxygen atoms in total. The molecule has 0 spiro atoms. The number of carboxylic acid groups (broad SMARTS) is 1. The van der Waals surface area contributed by atoms with Gasteiger partial charge < -0.3 is 15.6 Å². The fourth-order valence-electron chi connectivity index (χ4n) is 2.48. The van der Waals surface area contributed by atoms with Gasteiger partial charge in [0.2, 0.25) is 0 Å². The van der Waals surface area contributed by atoms with Crippen molar-refractivity contribution in [3.05, 3.63) is 34.3 Å². The van der Waals surface area contributed by atoms with Crippen molar-refractivity contribution in [2.45, 2.75) is 24.7 Å². The van der Waals surface area contributed by atoms with E-state index in [2.05, 4.69) is 0 Å². The molecule has 1 saturated heterocycles. The Morgan fingerprint density at radius 2 is 2.16 bits per heavy atom. The molecule has 0 radical (unpaired) electrons. The Morgan fingerprint density at radius 1 is 1.47 bits per heavy atom. The molecule has 0 saturated carbocycles. The summed E-state index contributed by atoms with van der Waals surface area (Å²) in [6.45, 7) is 1.58. The van der Waals surface area contributed by atoms with E-state index in [-0.39, 0.29) is 6.54 Å². The molecule has 19 heavy (non-hydrogen) atoms. The lowest BCUT2D eigenvalue weighted by Crippen LogP contribution is -2.21. The van der Waals surface area contributed by atoms with Crippen molar-refractivity contribution in [2.75, 3.05) is 19.8 Å². The maximum atomic E-state index is 11.1. The van der Waals surface area contributed by atoms with Crippen molar-refractivity contribution in [3.8, 4) is 0 Å². The van der Waals surface area contributed by atoms with Crippen LogP contribution in [0.25, 0.3) is 0 Å². The highest BCUT2D eigenvalue weighted by Crippen LogP contribution is 2.33. The molecule has 0 aromatic heterocycles. The Kier molecular flexibility index (Phi) is 4.80. The van der Waals surface area contributed by atoms with Gasteiger partial charge >= 0.3 is 5.97 Å². The van der Waals surface area contributed by atoms with Gasteiger partial charge in [-0.1, -0.05) is 23.7 Å². The molecule has 5 heteroatoms. The lowest BCUT2D eigenvalue weighted by atomic mass is 9.89. The number of carboxylic acids is 1. The Bertz CT molecular complexity index is 458. The molecular weight excluding hydrogens is 266 g/mol. The molecule has 1 fully saturated rings. The van der Waals surface area contributed by atoms with Crippen LogP contribution in [0.15, 0.2) is 18.2 Å². The number of benzene rings is 1. The molecule has 0 bridgehead atoms.